The molecule has 6 aromatic rings. The molecule has 4 aromatic heterocycles. The Bertz CT molecular complexity index is 1760. The molecule has 204 valence electrons. The minimum absolute atomic E-state index is 0.476. The first kappa shape index (κ1) is 25.0. The van der Waals surface area contributed by atoms with Gasteiger partial charge in [-0.2, -0.15) is 9.61 Å². The maximum atomic E-state index is 5.90. The molecule has 2 aromatic carbocycles. The van der Waals surface area contributed by atoms with Crippen LogP contribution in [0.15, 0.2) is 91.5 Å². The van der Waals surface area contributed by atoms with Crippen LogP contribution in [0.2, 0.25) is 0 Å². The third-order valence-electron chi connectivity index (χ3n) is 7.28. The minimum atomic E-state index is 0.476. The molecule has 0 spiro atoms. The molecule has 10 nitrogen and oxygen atoms in total. The number of benzene rings is 2. The summed E-state index contributed by atoms with van der Waals surface area (Å²) in [7, 11) is 0. The van der Waals surface area contributed by atoms with E-state index in [9.17, 15) is 0 Å². The topological polar surface area (TPSA) is 99.1 Å². The van der Waals surface area contributed by atoms with Crippen molar-refractivity contribution >= 4 is 5.65 Å². The van der Waals surface area contributed by atoms with Gasteiger partial charge in [-0.1, -0.05) is 36.4 Å². The predicted octanol–water partition coefficient (Wildman–Crippen LogP) is 4.92. The summed E-state index contributed by atoms with van der Waals surface area (Å²) < 4.78 is 9.63. The van der Waals surface area contributed by atoms with Crippen LogP contribution in [0.5, 0.6) is 11.6 Å². The highest BCUT2D eigenvalue weighted by molar-refractivity contribution is 5.62. The van der Waals surface area contributed by atoms with Gasteiger partial charge in [-0.05, 0) is 55.8 Å². The SMILES string of the molecule is c1ccc(Oc2ccc3nnc(Cc4cccc(-c5ncc(-c6cnn(CCN7CCCC7)c6)cn5)c4)n3n2)cc1. The summed E-state index contributed by atoms with van der Waals surface area (Å²) in [4.78, 5) is 11.8. The minimum Gasteiger partial charge on any atom is -0.438 e. The molecule has 0 aliphatic carbocycles. The van der Waals surface area contributed by atoms with Crippen molar-refractivity contribution in [1.82, 2.24) is 44.5 Å². The normalized spacial score (nSPS) is 13.7. The number of nitrogens with zero attached hydrogens (tertiary/aromatic N) is 9. The van der Waals surface area contributed by atoms with Gasteiger partial charge in [-0.3, -0.25) is 4.68 Å². The van der Waals surface area contributed by atoms with E-state index in [0.717, 1.165) is 41.1 Å². The van der Waals surface area contributed by atoms with Crippen molar-refractivity contribution in [2.24, 2.45) is 0 Å². The fraction of sp³-hybridized carbons (Fsp3) is 0.226. The molecule has 7 rings (SSSR count). The van der Waals surface area contributed by atoms with Gasteiger partial charge in [-0.25, -0.2) is 9.97 Å². The molecular weight excluding hydrogens is 514 g/mol. The molecule has 10 heteroatoms. The summed E-state index contributed by atoms with van der Waals surface area (Å²) in [5.74, 6) is 2.58. The van der Waals surface area contributed by atoms with E-state index in [0.29, 0.717) is 29.6 Å². The Morgan fingerprint density at radius 3 is 2.46 bits per heavy atom. The lowest BCUT2D eigenvalue weighted by Gasteiger charge is -2.13. The molecule has 0 N–H and O–H groups in total. The van der Waals surface area contributed by atoms with Crippen molar-refractivity contribution in [2.45, 2.75) is 25.8 Å². The summed E-state index contributed by atoms with van der Waals surface area (Å²) in [6.45, 7) is 4.32. The van der Waals surface area contributed by atoms with E-state index in [1.165, 1.54) is 25.9 Å². The van der Waals surface area contributed by atoms with E-state index in [-0.39, 0.29) is 0 Å². The van der Waals surface area contributed by atoms with Gasteiger partial charge in [-0.15, -0.1) is 15.3 Å². The molecule has 1 aliphatic heterocycles. The number of likely N-dealkylation sites (tertiary alicyclic amines) is 1. The molecule has 41 heavy (non-hydrogen) atoms. The average Bonchev–Trinajstić information content (AvgIpc) is 3.79. The summed E-state index contributed by atoms with van der Waals surface area (Å²) in [5, 5.41) is 17.8. The largest absolute Gasteiger partial charge is 0.438 e. The van der Waals surface area contributed by atoms with Gasteiger partial charge in [0.25, 0.3) is 0 Å². The number of fused-ring (bicyclic) bond motifs is 1. The number of para-hydroxylation sites is 1. The zero-order valence-electron chi connectivity index (χ0n) is 22.5. The summed E-state index contributed by atoms with van der Waals surface area (Å²) in [6, 6.07) is 21.4. The molecule has 0 amide bonds. The number of aromatic nitrogens is 8. The third-order valence-corrected chi connectivity index (χ3v) is 7.28. The van der Waals surface area contributed by atoms with Gasteiger partial charge in [0.2, 0.25) is 5.88 Å². The lowest BCUT2D eigenvalue weighted by atomic mass is 10.1. The van der Waals surface area contributed by atoms with E-state index in [1.807, 2.05) is 71.8 Å². The summed E-state index contributed by atoms with van der Waals surface area (Å²) >= 11 is 0. The highest BCUT2D eigenvalue weighted by atomic mass is 16.5. The Morgan fingerprint density at radius 1 is 0.756 bits per heavy atom. The van der Waals surface area contributed by atoms with Gasteiger partial charge in [0, 0.05) is 54.3 Å². The van der Waals surface area contributed by atoms with Crippen LogP contribution in [0.3, 0.4) is 0 Å². The van der Waals surface area contributed by atoms with Gasteiger partial charge >= 0.3 is 0 Å². The highest BCUT2D eigenvalue weighted by Gasteiger charge is 2.13. The van der Waals surface area contributed by atoms with Crippen LogP contribution in [0.4, 0.5) is 0 Å². The van der Waals surface area contributed by atoms with E-state index in [4.69, 9.17) is 4.74 Å². The molecule has 1 saturated heterocycles. The van der Waals surface area contributed by atoms with Crippen molar-refractivity contribution in [1.29, 1.82) is 0 Å². The zero-order chi connectivity index (χ0) is 27.4. The number of hydrogen-bond donors (Lipinski definition) is 0. The van der Waals surface area contributed by atoms with Gasteiger partial charge in [0.15, 0.2) is 17.3 Å². The molecule has 0 atom stereocenters. The molecule has 0 radical (unpaired) electrons. The van der Waals surface area contributed by atoms with Crippen LogP contribution in [0, 0.1) is 0 Å². The smallest absolute Gasteiger partial charge is 0.237 e. The van der Waals surface area contributed by atoms with E-state index >= 15 is 0 Å². The second kappa shape index (κ2) is 11.3. The maximum absolute atomic E-state index is 5.90. The van der Waals surface area contributed by atoms with E-state index in [2.05, 4.69) is 53.6 Å². The fourth-order valence-electron chi connectivity index (χ4n) is 5.10. The molecule has 0 saturated carbocycles. The lowest BCUT2D eigenvalue weighted by Crippen LogP contribution is -2.24. The second-order valence-corrected chi connectivity index (χ2v) is 10.2. The zero-order valence-corrected chi connectivity index (χ0v) is 22.5. The number of hydrogen-bond acceptors (Lipinski definition) is 8. The average molecular weight is 544 g/mol. The fourth-order valence-corrected chi connectivity index (χ4v) is 5.10. The van der Waals surface area contributed by atoms with E-state index in [1.54, 1.807) is 10.6 Å². The van der Waals surface area contributed by atoms with E-state index < -0.39 is 0 Å². The van der Waals surface area contributed by atoms with Crippen molar-refractivity contribution in [3.05, 3.63) is 103 Å². The first-order valence-corrected chi connectivity index (χ1v) is 13.9. The molecule has 1 fully saturated rings. The van der Waals surface area contributed by atoms with Crippen LogP contribution in [0.25, 0.3) is 28.2 Å². The second-order valence-electron chi connectivity index (χ2n) is 10.2. The standard InChI is InChI=1S/C31H29N9O/c1-2-9-27(10-3-1)41-30-12-11-28-35-36-29(40(28)37-30)18-23-7-6-8-24(17-23)31-32-19-25(20-33-31)26-21-34-39(22-26)16-15-38-13-4-5-14-38/h1-3,6-12,17,19-22H,4-5,13-16,18H2. The molecule has 0 bridgehead atoms. The predicted molar refractivity (Wildman–Crippen MR) is 154 cm³/mol. The van der Waals surface area contributed by atoms with Gasteiger partial charge < -0.3 is 9.64 Å². The monoisotopic (exact) mass is 543 g/mol. The van der Waals surface area contributed by atoms with Crippen LogP contribution in [-0.2, 0) is 13.0 Å². The number of rotatable bonds is 9. The van der Waals surface area contributed by atoms with Crippen molar-refractivity contribution < 1.29 is 4.74 Å². The summed E-state index contributed by atoms with van der Waals surface area (Å²) in [6.07, 6.45) is 10.8. The maximum Gasteiger partial charge on any atom is 0.237 e. The molecule has 1 aliphatic rings. The Kier molecular flexibility index (Phi) is 6.88. The summed E-state index contributed by atoms with van der Waals surface area (Å²) in [5.41, 5.74) is 4.63. The van der Waals surface area contributed by atoms with Gasteiger partial charge in [0.1, 0.15) is 5.75 Å². The molecular formula is C31H29N9O. The van der Waals surface area contributed by atoms with Crippen LogP contribution >= 0.6 is 0 Å². The quantitative estimate of drug-likeness (QED) is 0.253. The first-order chi connectivity index (χ1) is 20.3. The number of ether oxygens (including phenoxy) is 1. The molecule has 0 unspecified atom stereocenters. The van der Waals surface area contributed by atoms with Crippen molar-refractivity contribution in [3.8, 4) is 34.1 Å². The first-order valence-electron chi connectivity index (χ1n) is 13.9. The van der Waals surface area contributed by atoms with Crippen LogP contribution in [-0.4, -0.2) is 64.1 Å². The molecule has 5 heterocycles. The van der Waals surface area contributed by atoms with Crippen LogP contribution < -0.4 is 4.74 Å². The van der Waals surface area contributed by atoms with Crippen LogP contribution in [0.1, 0.15) is 24.2 Å². The highest BCUT2D eigenvalue weighted by Crippen LogP contribution is 2.23. The third kappa shape index (κ3) is 5.68. The Labute approximate surface area is 237 Å². The Hall–Kier alpha value is -4.96. The van der Waals surface area contributed by atoms with Crippen molar-refractivity contribution in [2.75, 3.05) is 19.6 Å². The Balaban J connectivity index is 1.05. The Morgan fingerprint density at radius 2 is 1.61 bits per heavy atom. The van der Waals surface area contributed by atoms with Gasteiger partial charge in [0.05, 0.1) is 12.7 Å². The lowest BCUT2D eigenvalue weighted by molar-refractivity contribution is 0.316. The van der Waals surface area contributed by atoms with Crippen molar-refractivity contribution in [3.63, 3.8) is 0 Å².